The third kappa shape index (κ3) is 25.9. The standard InChI is InChI=1S/C8H12.C6H6.C3H8.2CH3.Ru/c1-2-4-6-8-7-5-3-1;1-2-4-6-5-3-1;1-3-2;;;/h1-2,7-8H,3-6H2;1-6H;3H2,1-2H3;2*1H3;/q;;;-1;+1;/b2-1-,8-7?;;;;;. The summed E-state index contributed by atoms with van der Waals surface area (Å²) in [6, 6.07) is 12.0. The van der Waals surface area contributed by atoms with E-state index >= 15 is 0 Å². The molecule has 1 aromatic rings. The number of allylic oxidation sites excluding steroid dienone is 4. The van der Waals surface area contributed by atoms with Gasteiger partial charge in [-0.2, -0.15) is 0 Å². The summed E-state index contributed by atoms with van der Waals surface area (Å²) < 4.78 is 0. The SMILES string of the molecule is C1=CCC/C=C\CC1.CCC.[CH3+].[CH3-].[Ru].c1ccccc1. The van der Waals surface area contributed by atoms with E-state index in [0.717, 1.165) is 0 Å². The number of benzene rings is 1. The fourth-order valence-electron chi connectivity index (χ4n) is 1.24. The van der Waals surface area contributed by atoms with Crippen molar-refractivity contribution in [3.63, 3.8) is 0 Å². The van der Waals surface area contributed by atoms with E-state index in [-0.39, 0.29) is 34.3 Å². The summed E-state index contributed by atoms with van der Waals surface area (Å²) >= 11 is 0. The number of rotatable bonds is 0. The fourth-order valence-corrected chi connectivity index (χ4v) is 1.24. The summed E-state index contributed by atoms with van der Waals surface area (Å²) in [4.78, 5) is 0. The van der Waals surface area contributed by atoms with E-state index in [0.29, 0.717) is 0 Å². The van der Waals surface area contributed by atoms with Gasteiger partial charge in [-0.25, -0.2) is 0 Å². The molecule has 1 aliphatic rings. The van der Waals surface area contributed by atoms with E-state index in [1.165, 1.54) is 32.1 Å². The van der Waals surface area contributed by atoms with Crippen LogP contribution in [0.3, 0.4) is 0 Å². The second-order valence-electron chi connectivity index (χ2n) is 3.96. The summed E-state index contributed by atoms with van der Waals surface area (Å²) in [5, 5.41) is 0. The average Bonchev–Trinajstić information content (AvgIpc) is 2.32. The van der Waals surface area contributed by atoms with E-state index in [9.17, 15) is 0 Å². The van der Waals surface area contributed by atoms with Crippen molar-refractivity contribution >= 4 is 0 Å². The predicted molar refractivity (Wildman–Crippen MR) is 92.0 cm³/mol. The van der Waals surface area contributed by atoms with Crippen LogP contribution < -0.4 is 0 Å². The molecule has 1 heteroatoms. The fraction of sp³-hybridized carbons (Fsp3) is 0.368. The van der Waals surface area contributed by atoms with Crippen LogP contribution in [0.2, 0.25) is 0 Å². The van der Waals surface area contributed by atoms with Crippen LogP contribution in [0.1, 0.15) is 46.0 Å². The Balaban J connectivity index is -0.0000000970. The van der Waals surface area contributed by atoms with Crippen molar-refractivity contribution in [1.29, 1.82) is 0 Å². The van der Waals surface area contributed by atoms with Gasteiger partial charge < -0.3 is 7.43 Å². The Labute approximate surface area is 141 Å². The van der Waals surface area contributed by atoms with E-state index in [4.69, 9.17) is 0 Å². The molecule has 1 aromatic carbocycles. The molecule has 0 unspecified atom stereocenters. The molecule has 0 N–H and O–H groups in total. The molecule has 20 heavy (non-hydrogen) atoms. The molecule has 0 nitrogen and oxygen atoms in total. The van der Waals surface area contributed by atoms with Crippen molar-refractivity contribution in [2.75, 3.05) is 0 Å². The molecule has 2 rings (SSSR count). The van der Waals surface area contributed by atoms with Gasteiger partial charge in [-0.3, -0.25) is 0 Å². The molecular formula is C19H32Ru. The zero-order chi connectivity index (χ0) is 12.6. The van der Waals surface area contributed by atoms with Gasteiger partial charge in [-0.1, -0.05) is 81.0 Å². The molecule has 0 aliphatic heterocycles. The maximum Gasteiger partial charge on any atom is 0.0467 e. The van der Waals surface area contributed by atoms with Gasteiger partial charge in [0.15, 0.2) is 0 Å². The normalized spacial score (nSPS) is 12.9. The van der Waals surface area contributed by atoms with Crippen molar-refractivity contribution in [2.45, 2.75) is 46.0 Å². The van der Waals surface area contributed by atoms with Crippen LogP contribution in [0.5, 0.6) is 0 Å². The zero-order valence-electron chi connectivity index (χ0n) is 13.7. The smallest absolute Gasteiger partial charge is 0.0467 e. The molecule has 0 bridgehead atoms. The maximum absolute atomic E-state index is 2.27. The molecule has 0 radical (unpaired) electrons. The second kappa shape index (κ2) is 26.7. The summed E-state index contributed by atoms with van der Waals surface area (Å²) in [7, 11) is 0. The third-order valence-corrected chi connectivity index (χ3v) is 2.00. The van der Waals surface area contributed by atoms with Crippen molar-refractivity contribution in [2.24, 2.45) is 0 Å². The minimum atomic E-state index is 0. The Hall–Kier alpha value is -0.807. The Bertz CT molecular complexity index is 222. The Morgan fingerprint density at radius 1 is 0.600 bits per heavy atom. The second-order valence-corrected chi connectivity index (χ2v) is 3.96. The van der Waals surface area contributed by atoms with Crippen LogP contribution in [0, 0.1) is 14.9 Å². The van der Waals surface area contributed by atoms with Crippen LogP contribution in [-0.4, -0.2) is 0 Å². The van der Waals surface area contributed by atoms with Crippen LogP contribution in [0.4, 0.5) is 0 Å². The molecule has 0 aromatic heterocycles. The van der Waals surface area contributed by atoms with Crippen LogP contribution in [-0.2, 0) is 19.5 Å². The van der Waals surface area contributed by atoms with Crippen LogP contribution in [0.25, 0.3) is 0 Å². The van der Waals surface area contributed by atoms with E-state index in [1.54, 1.807) is 0 Å². The first-order chi connectivity index (χ1) is 8.41. The predicted octanol–water partition coefficient (Wildman–Crippen LogP) is 6.67. The van der Waals surface area contributed by atoms with Gasteiger partial charge in [0.1, 0.15) is 0 Å². The largest absolute Gasteiger partial charge is 0.358 e. The molecular weight excluding hydrogens is 329 g/mol. The molecule has 0 saturated heterocycles. The summed E-state index contributed by atoms with van der Waals surface area (Å²) in [6.07, 6.45) is 15.2. The molecule has 1 aliphatic carbocycles. The topological polar surface area (TPSA) is 0 Å². The quantitative estimate of drug-likeness (QED) is 0.275. The van der Waals surface area contributed by atoms with Crippen LogP contribution >= 0.6 is 0 Å². The van der Waals surface area contributed by atoms with E-state index in [1.807, 2.05) is 36.4 Å². The Morgan fingerprint density at radius 3 is 0.900 bits per heavy atom. The van der Waals surface area contributed by atoms with Gasteiger partial charge in [-0.15, -0.1) is 0 Å². The van der Waals surface area contributed by atoms with Gasteiger partial charge in [0.2, 0.25) is 0 Å². The first-order valence-electron chi connectivity index (χ1n) is 6.71. The first-order valence-corrected chi connectivity index (χ1v) is 6.71. The van der Waals surface area contributed by atoms with Crippen molar-refractivity contribution < 1.29 is 19.5 Å². The molecule has 0 amide bonds. The van der Waals surface area contributed by atoms with Gasteiger partial charge in [0, 0.05) is 26.9 Å². The van der Waals surface area contributed by atoms with Crippen LogP contribution in [0.15, 0.2) is 60.7 Å². The number of hydrogen-bond donors (Lipinski definition) is 0. The Morgan fingerprint density at radius 2 is 0.750 bits per heavy atom. The summed E-state index contributed by atoms with van der Waals surface area (Å²) in [6.45, 7) is 4.25. The molecule has 116 valence electrons. The molecule has 0 heterocycles. The van der Waals surface area contributed by atoms with Gasteiger partial charge in [-0.05, 0) is 25.7 Å². The molecule has 0 fully saturated rings. The third-order valence-electron chi connectivity index (χ3n) is 2.00. The van der Waals surface area contributed by atoms with E-state index in [2.05, 4.69) is 38.2 Å². The Kier molecular flexibility index (Phi) is 36.7. The van der Waals surface area contributed by atoms with Crippen molar-refractivity contribution in [3.8, 4) is 0 Å². The summed E-state index contributed by atoms with van der Waals surface area (Å²) in [5.74, 6) is 0. The van der Waals surface area contributed by atoms with Gasteiger partial charge in [0.05, 0.1) is 0 Å². The monoisotopic (exact) mass is 362 g/mol. The zero-order valence-corrected chi connectivity index (χ0v) is 15.4. The first kappa shape index (κ1) is 27.5. The molecule has 0 saturated carbocycles. The van der Waals surface area contributed by atoms with Crippen molar-refractivity contribution in [3.05, 3.63) is 75.6 Å². The van der Waals surface area contributed by atoms with Gasteiger partial charge in [0.25, 0.3) is 0 Å². The minimum Gasteiger partial charge on any atom is -0.358 e. The average molecular weight is 362 g/mol. The minimum absolute atomic E-state index is 0. The molecule has 0 atom stereocenters. The van der Waals surface area contributed by atoms with E-state index < -0.39 is 0 Å². The van der Waals surface area contributed by atoms with Crippen molar-refractivity contribution in [1.82, 2.24) is 0 Å². The molecule has 0 spiro atoms. The summed E-state index contributed by atoms with van der Waals surface area (Å²) in [5.41, 5.74) is 0. The van der Waals surface area contributed by atoms with Gasteiger partial charge >= 0.3 is 0 Å². The number of hydrogen-bond acceptors (Lipinski definition) is 0. The maximum atomic E-state index is 2.27.